The fraction of sp³-hybridized carbons (Fsp3) is 0.118. The Balaban J connectivity index is 2.03. The van der Waals surface area contributed by atoms with E-state index in [0.29, 0.717) is 28.6 Å². The molecule has 4 rings (SSSR count). The van der Waals surface area contributed by atoms with E-state index >= 15 is 0 Å². The van der Waals surface area contributed by atoms with E-state index < -0.39 is 10.8 Å². The van der Waals surface area contributed by atoms with E-state index in [1.165, 1.54) is 11.3 Å². The monoisotopic (exact) mass is 361 g/mol. The van der Waals surface area contributed by atoms with Gasteiger partial charge < -0.3 is 4.57 Å². The summed E-state index contributed by atoms with van der Waals surface area (Å²) in [6.07, 6.45) is 0. The van der Waals surface area contributed by atoms with Crippen molar-refractivity contribution in [1.82, 2.24) is 4.57 Å². The molecule has 6 heteroatoms. The molecule has 0 bridgehead atoms. The van der Waals surface area contributed by atoms with Gasteiger partial charge in [0.05, 0.1) is 31.3 Å². The van der Waals surface area contributed by atoms with Crippen LogP contribution in [0.15, 0.2) is 57.5 Å². The molecule has 0 saturated heterocycles. The normalized spacial score (nSPS) is 16.5. The first-order valence-electron chi connectivity index (χ1n) is 7.12. The molecule has 0 spiro atoms. The second kappa shape index (κ2) is 5.74. The average molecular weight is 362 g/mol. The minimum atomic E-state index is -1.10. The number of aromatic nitrogens is 1. The highest BCUT2D eigenvalue weighted by molar-refractivity contribution is 7.85. The molecule has 116 valence electrons. The van der Waals surface area contributed by atoms with E-state index in [-0.39, 0.29) is 5.56 Å². The van der Waals surface area contributed by atoms with Crippen molar-refractivity contribution in [3.8, 4) is 21.7 Å². The van der Waals surface area contributed by atoms with Gasteiger partial charge in [-0.15, -0.1) is 11.3 Å². The van der Waals surface area contributed by atoms with Gasteiger partial charge in [-0.1, -0.05) is 41.9 Å². The second-order valence-corrected chi connectivity index (χ2v) is 8.10. The van der Waals surface area contributed by atoms with Crippen molar-refractivity contribution in [3.05, 3.63) is 63.2 Å². The van der Waals surface area contributed by atoms with E-state index in [1.54, 1.807) is 10.6 Å². The van der Waals surface area contributed by atoms with Crippen molar-refractivity contribution in [3.63, 3.8) is 0 Å². The maximum atomic E-state index is 13.0. The Morgan fingerprint density at radius 1 is 1.17 bits per heavy atom. The Morgan fingerprint density at radius 2 is 1.96 bits per heavy atom. The van der Waals surface area contributed by atoms with E-state index in [2.05, 4.69) is 0 Å². The lowest BCUT2D eigenvalue weighted by Crippen LogP contribution is -2.24. The molecular weight excluding hydrogens is 350 g/mol. The SMILES string of the molecule is O=c1c(-c2ccccc2)cc(Cl)c2n1CCS(=O)c1ccsc1-2. The zero-order valence-corrected chi connectivity index (χ0v) is 14.4. The summed E-state index contributed by atoms with van der Waals surface area (Å²) in [5.41, 5.74) is 2.01. The third-order valence-electron chi connectivity index (χ3n) is 3.92. The number of hydrogen-bond acceptors (Lipinski definition) is 3. The minimum absolute atomic E-state index is 0.0890. The lowest BCUT2D eigenvalue weighted by molar-refractivity contribution is 0.675. The number of benzene rings is 1. The van der Waals surface area contributed by atoms with E-state index in [9.17, 15) is 9.00 Å². The molecule has 0 saturated carbocycles. The van der Waals surface area contributed by atoms with Gasteiger partial charge in [-0.25, -0.2) is 0 Å². The summed E-state index contributed by atoms with van der Waals surface area (Å²) in [5, 5.41) is 2.41. The minimum Gasteiger partial charge on any atom is -0.305 e. The van der Waals surface area contributed by atoms with Crippen LogP contribution in [-0.4, -0.2) is 14.5 Å². The topological polar surface area (TPSA) is 39.1 Å². The maximum Gasteiger partial charge on any atom is 0.259 e. The third kappa shape index (κ3) is 2.40. The summed E-state index contributed by atoms with van der Waals surface area (Å²) < 4.78 is 14.0. The Kier molecular flexibility index (Phi) is 3.71. The van der Waals surface area contributed by atoms with Crippen LogP contribution in [0.2, 0.25) is 5.02 Å². The van der Waals surface area contributed by atoms with Gasteiger partial charge >= 0.3 is 0 Å². The van der Waals surface area contributed by atoms with Crippen LogP contribution in [0, 0.1) is 0 Å². The second-order valence-electron chi connectivity index (χ2n) is 5.24. The molecule has 3 heterocycles. The lowest BCUT2D eigenvalue weighted by Gasteiger charge is -2.13. The maximum absolute atomic E-state index is 13.0. The quantitative estimate of drug-likeness (QED) is 0.656. The van der Waals surface area contributed by atoms with Gasteiger partial charge in [0.1, 0.15) is 0 Å². The molecule has 0 radical (unpaired) electrons. The summed E-state index contributed by atoms with van der Waals surface area (Å²) in [5.74, 6) is 0.422. The summed E-state index contributed by atoms with van der Waals surface area (Å²) in [4.78, 5) is 14.6. The van der Waals surface area contributed by atoms with Crippen molar-refractivity contribution in [2.75, 3.05) is 5.75 Å². The summed E-state index contributed by atoms with van der Waals surface area (Å²) in [6, 6.07) is 13.1. The van der Waals surface area contributed by atoms with Gasteiger partial charge in [0.2, 0.25) is 0 Å². The zero-order valence-electron chi connectivity index (χ0n) is 12.0. The standard InChI is InChI=1S/C17H12ClNO2S2/c18-13-10-12(11-4-2-1-3-5-11)17(20)19-7-9-23(21)14-6-8-22-16(14)15(13)19/h1-6,8,10H,7,9H2. The van der Waals surface area contributed by atoms with Crippen LogP contribution in [0.4, 0.5) is 0 Å². The smallest absolute Gasteiger partial charge is 0.259 e. The van der Waals surface area contributed by atoms with Gasteiger partial charge in [0.25, 0.3) is 5.56 Å². The molecule has 3 nitrogen and oxygen atoms in total. The molecule has 0 N–H and O–H groups in total. The Labute approximate surface area is 144 Å². The molecule has 2 aromatic heterocycles. The summed E-state index contributed by atoms with van der Waals surface area (Å²) in [6.45, 7) is 0.405. The van der Waals surface area contributed by atoms with Gasteiger partial charge in [0, 0.05) is 17.9 Å². The predicted molar refractivity (Wildman–Crippen MR) is 95.7 cm³/mol. The molecule has 23 heavy (non-hydrogen) atoms. The van der Waals surface area contributed by atoms with E-state index in [0.717, 1.165) is 15.3 Å². The number of rotatable bonds is 1. The zero-order chi connectivity index (χ0) is 16.0. The Morgan fingerprint density at radius 3 is 2.74 bits per heavy atom. The van der Waals surface area contributed by atoms with Gasteiger partial charge in [0.15, 0.2) is 0 Å². The highest BCUT2D eigenvalue weighted by Crippen LogP contribution is 2.38. The number of hydrogen-bond donors (Lipinski definition) is 0. The van der Waals surface area contributed by atoms with Crippen LogP contribution in [0.25, 0.3) is 21.7 Å². The number of thiophene rings is 1. The van der Waals surface area contributed by atoms with Crippen LogP contribution in [-0.2, 0) is 17.3 Å². The predicted octanol–water partition coefficient (Wildman–Crippen LogP) is 4.02. The molecule has 0 amide bonds. The molecule has 1 aromatic carbocycles. The van der Waals surface area contributed by atoms with Crippen molar-refractivity contribution in [2.45, 2.75) is 11.4 Å². The Hall–Kier alpha value is -1.69. The molecule has 0 fully saturated rings. The van der Waals surface area contributed by atoms with E-state index in [1.807, 2.05) is 41.8 Å². The van der Waals surface area contributed by atoms with Crippen molar-refractivity contribution in [2.24, 2.45) is 0 Å². The van der Waals surface area contributed by atoms with Crippen molar-refractivity contribution in [1.29, 1.82) is 0 Å². The van der Waals surface area contributed by atoms with Crippen LogP contribution in [0.3, 0.4) is 0 Å². The number of fused-ring (bicyclic) bond motifs is 3. The number of nitrogens with zero attached hydrogens (tertiary/aromatic N) is 1. The highest BCUT2D eigenvalue weighted by Gasteiger charge is 2.25. The first-order chi connectivity index (χ1) is 11.2. The van der Waals surface area contributed by atoms with Crippen LogP contribution in [0.5, 0.6) is 0 Å². The van der Waals surface area contributed by atoms with Gasteiger partial charge in [-0.3, -0.25) is 9.00 Å². The average Bonchev–Trinajstić information content (AvgIpc) is 2.99. The van der Waals surface area contributed by atoms with Gasteiger partial charge in [-0.05, 0) is 23.1 Å². The number of pyridine rings is 1. The molecule has 1 unspecified atom stereocenters. The highest BCUT2D eigenvalue weighted by atomic mass is 35.5. The first-order valence-corrected chi connectivity index (χ1v) is 9.69. The Bertz CT molecular complexity index is 976. The van der Waals surface area contributed by atoms with Gasteiger partial charge in [-0.2, -0.15) is 0 Å². The fourth-order valence-electron chi connectivity index (χ4n) is 2.84. The van der Waals surface area contributed by atoms with Crippen molar-refractivity contribution < 1.29 is 4.21 Å². The molecule has 1 aliphatic rings. The lowest BCUT2D eigenvalue weighted by atomic mass is 10.1. The largest absolute Gasteiger partial charge is 0.305 e. The fourth-order valence-corrected chi connectivity index (χ4v) is 5.65. The molecule has 1 aliphatic heterocycles. The molecule has 1 atom stereocenters. The summed E-state index contributed by atoms with van der Waals surface area (Å²) in [7, 11) is -1.10. The van der Waals surface area contributed by atoms with Crippen molar-refractivity contribution >= 4 is 33.7 Å². The first kappa shape index (κ1) is 14.9. The molecule has 3 aromatic rings. The van der Waals surface area contributed by atoms with Crippen LogP contribution in [0.1, 0.15) is 0 Å². The summed E-state index contributed by atoms with van der Waals surface area (Å²) >= 11 is 7.99. The van der Waals surface area contributed by atoms with E-state index in [4.69, 9.17) is 11.6 Å². The molecular formula is C17H12ClNO2S2. The van der Waals surface area contributed by atoms with Crippen LogP contribution >= 0.6 is 22.9 Å². The third-order valence-corrected chi connectivity index (χ3v) is 6.64. The van der Waals surface area contributed by atoms with Crippen LogP contribution < -0.4 is 5.56 Å². The number of halogens is 1. The molecule has 0 aliphatic carbocycles.